The third-order valence-electron chi connectivity index (χ3n) is 18.6. The summed E-state index contributed by atoms with van der Waals surface area (Å²) in [7, 11) is -1.56. The predicted molar refractivity (Wildman–Crippen MR) is 360 cm³/mol. The molecule has 0 bridgehead atoms. The van der Waals surface area contributed by atoms with Crippen molar-refractivity contribution in [1.82, 2.24) is 19.9 Å². The smallest absolute Gasteiger partial charge is 0.422 e. The maximum Gasteiger partial charge on any atom is 0.508 e. The van der Waals surface area contributed by atoms with Crippen molar-refractivity contribution in [2.24, 2.45) is 0 Å². The number of pyridine rings is 4. The molecule has 0 radical (unpaired) electrons. The van der Waals surface area contributed by atoms with Crippen LogP contribution in [0.2, 0.25) is 0 Å². The fraction of sp³-hybridized carbons (Fsp3) is 0.0886. The van der Waals surface area contributed by atoms with Gasteiger partial charge in [-0.1, -0.05) is 171 Å². The van der Waals surface area contributed by atoms with Crippen molar-refractivity contribution in [3.63, 3.8) is 0 Å². The van der Waals surface area contributed by atoms with Crippen molar-refractivity contribution in [2.45, 2.75) is 45.4 Å². The second-order valence-electron chi connectivity index (χ2n) is 24.3. The summed E-state index contributed by atoms with van der Waals surface area (Å²) in [5, 5.41) is 38.2. The first-order valence-corrected chi connectivity index (χ1v) is 29.5. The van der Waals surface area contributed by atoms with Crippen LogP contribution in [0.4, 0.5) is 0 Å². The summed E-state index contributed by atoms with van der Waals surface area (Å²) in [6.45, 7) is 11.6. The van der Waals surface area contributed by atoms with Crippen LogP contribution in [0.3, 0.4) is 0 Å². The van der Waals surface area contributed by atoms with Crippen molar-refractivity contribution >= 4 is 127 Å². The Labute approximate surface area is 498 Å². The molecule has 0 fully saturated rings. The van der Waals surface area contributed by atoms with Gasteiger partial charge in [0, 0.05) is 56.6 Å². The van der Waals surface area contributed by atoms with Gasteiger partial charge in [0.05, 0.1) is 56.0 Å². The zero-order chi connectivity index (χ0) is 58.2. The molecule has 18 rings (SSSR count). The van der Waals surface area contributed by atoms with Gasteiger partial charge in [-0.2, -0.15) is 0 Å². The summed E-state index contributed by atoms with van der Waals surface area (Å²) in [6, 6.07) is 73.9. The second-order valence-corrected chi connectivity index (χ2v) is 24.3. The molecule has 0 unspecified atom stereocenters. The Morgan fingerprint density at radius 3 is 1.53 bits per heavy atom. The average Bonchev–Trinajstić information content (AvgIpc) is 1.90. The Balaban J connectivity index is 0.000000115. The van der Waals surface area contributed by atoms with E-state index in [1.54, 1.807) is 12.3 Å². The first kappa shape index (κ1) is 51.4. The van der Waals surface area contributed by atoms with E-state index in [-0.39, 0.29) is 16.4 Å². The van der Waals surface area contributed by atoms with Crippen molar-refractivity contribution in [2.75, 3.05) is 0 Å². The summed E-state index contributed by atoms with van der Waals surface area (Å²) in [4.78, 5) is 18.3. The monoisotopic (exact) mass is 1100 g/mol. The lowest BCUT2D eigenvalue weighted by Crippen LogP contribution is -2.32. The van der Waals surface area contributed by atoms with Crippen LogP contribution in [0.15, 0.2) is 242 Å². The number of fused-ring (bicyclic) bond motifs is 23. The van der Waals surface area contributed by atoms with Crippen LogP contribution in [0.1, 0.15) is 55.5 Å². The van der Waals surface area contributed by atoms with E-state index in [2.05, 4.69) is 232 Å². The third kappa shape index (κ3) is 7.93. The van der Waals surface area contributed by atoms with Gasteiger partial charge >= 0.3 is 7.12 Å². The third-order valence-corrected chi connectivity index (χ3v) is 18.6. The topological polar surface area (TPSA) is 92.0 Å². The first-order valence-electron chi connectivity index (χ1n) is 29.5. The predicted octanol–water partition coefficient (Wildman–Crippen LogP) is 18.1. The largest absolute Gasteiger partial charge is 0.508 e. The number of hydrogen-bond acceptors (Lipinski definition) is 6. The summed E-state index contributed by atoms with van der Waals surface area (Å²) in [6.07, 6.45) is 13.3. The van der Waals surface area contributed by atoms with Crippen LogP contribution in [0, 0.1) is 13.0 Å². The molecule has 0 saturated carbocycles. The van der Waals surface area contributed by atoms with Gasteiger partial charge in [0.25, 0.3) is 0 Å². The molecule has 0 saturated heterocycles. The number of nitrogens with zero attached hydrogens (tertiary/aromatic N) is 4. The number of rotatable bonds is 2. The highest BCUT2D eigenvalue weighted by Crippen LogP contribution is 2.53. The zero-order valence-corrected chi connectivity index (χ0v) is 48.3. The zero-order valence-electron chi connectivity index (χ0n) is 48.3. The molecule has 3 aliphatic carbocycles. The van der Waals surface area contributed by atoms with Crippen molar-refractivity contribution in [3.05, 3.63) is 276 Å². The van der Waals surface area contributed by atoms with Gasteiger partial charge in [-0.05, 0) is 168 Å². The quantitative estimate of drug-likeness (QED) is 0.102. The average molecular weight is 1100 g/mol. The standard InChI is InChI=1S/C39H26N2.C28H21.C12H9BN2O2/c1-39(2)34-12-6-5-11-29(34)33-21-31-27-10-4-3-9-26(27)30-20-25(15-17-28(30)32(31)22-35(33)39)36-18-16-24-14-13-23-8-7-19-40-37(23)38(24)41-36;1-17-12-13-20-22(14-17)18-8-4-5-9-19(18)23-15-25-21-10-6-7-11-26(21)28(2,3)27(25)16-24(20)23;16-13(17)10-6-5-9-4-3-8-2-1-7-14-11(8)12(9)15-10/h3-22H,1-2H3;4-6,8-16H,1-3H3;1-7,16-17H/q;+1;. The van der Waals surface area contributed by atoms with E-state index >= 15 is 0 Å². The molecule has 4 aromatic heterocycles. The molecule has 0 atom stereocenters. The van der Waals surface area contributed by atoms with E-state index in [9.17, 15) is 0 Å². The Hall–Kier alpha value is -10.3. The highest BCUT2D eigenvalue weighted by molar-refractivity contribution is 6.57. The number of hydrogen-bond donors (Lipinski definition) is 2. The number of benzene rings is 11. The molecule has 86 heavy (non-hydrogen) atoms. The molecule has 4 heterocycles. The minimum atomic E-state index is -1.56. The van der Waals surface area contributed by atoms with E-state index in [0.717, 1.165) is 49.4 Å². The molecule has 7 heteroatoms. The summed E-state index contributed by atoms with van der Waals surface area (Å²) in [5.74, 6) is 0. The highest BCUT2D eigenvalue weighted by Gasteiger charge is 2.42. The summed E-state index contributed by atoms with van der Waals surface area (Å²) < 4.78 is 0. The van der Waals surface area contributed by atoms with Crippen LogP contribution < -0.4 is 5.59 Å². The Morgan fingerprint density at radius 2 is 0.895 bits per heavy atom. The van der Waals surface area contributed by atoms with Crippen molar-refractivity contribution in [1.29, 1.82) is 0 Å². The summed E-state index contributed by atoms with van der Waals surface area (Å²) >= 11 is 0. The normalized spacial score (nSPS) is 14.2. The van der Waals surface area contributed by atoms with E-state index in [1.165, 1.54) is 115 Å². The fourth-order valence-corrected chi connectivity index (χ4v) is 14.3. The van der Waals surface area contributed by atoms with Crippen LogP contribution >= 0.6 is 0 Å². The molecule has 3 aliphatic rings. The number of aromatic nitrogens is 4. The molecule has 6 nitrogen and oxygen atoms in total. The van der Waals surface area contributed by atoms with Crippen LogP contribution in [-0.2, 0) is 10.8 Å². The first-order chi connectivity index (χ1) is 41.9. The molecular weight excluding hydrogens is 1050 g/mol. The minimum Gasteiger partial charge on any atom is -0.422 e. The van der Waals surface area contributed by atoms with E-state index in [1.807, 2.05) is 48.7 Å². The van der Waals surface area contributed by atoms with Gasteiger partial charge in [-0.15, -0.1) is 0 Å². The van der Waals surface area contributed by atoms with E-state index < -0.39 is 7.12 Å². The van der Waals surface area contributed by atoms with E-state index in [4.69, 9.17) is 15.0 Å². The fourth-order valence-electron chi connectivity index (χ4n) is 14.3. The molecule has 0 amide bonds. The van der Waals surface area contributed by atoms with Crippen LogP contribution in [0.5, 0.6) is 0 Å². The van der Waals surface area contributed by atoms with Gasteiger partial charge in [0.1, 0.15) is 12.2 Å². The maximum absolute atomic E-state index is 9.13. The number of allylic oxidation sites excluding steroid dienone is 6. The van der Waals surface area contributed by atoms with Gasteiger partial charge in [0.2, 0.25) is 0 Å². The van der Waals surface area contributed by atoms with Gasteiger partial charge in [-0.25, -0.2) is 4.98 Å². The maximum atomic E-state index is 9.13. The lowest BCUT2D eigenvalue weighted by molar-refractivity contribution is 0.424. The summed E-state index contributed by atoms with van der Waals surface area (Å²) in [5.41, 5.74) is 18.0. The lowest BCUT2D eigenvalue weighted by Gasteiger charge is -2.22. The molecular formula is C79H56BN4O2+. The van der Waals surface area contributed by atoms with Gasteiger partial charge in [0.15, 0.2) is 0 Å². The van der Waals surface area contributed by atoms with Gasteiger partial charge in [-0.3, -0.25) is 15.0 Å². The van der Waals surface area contributed by atoms with Crippen molar-refractivity contribution < 1.29 is 10.0 Å². The Bertz CT molecular complexity index is 5540. The number of aryl methyl sites for hydroxylation is 1. The Morgan fingerprint density at radius 1 is 0.395 bits per heavy atom. The van der Waals surface area contributed by atoms with Crippen molar-refractivity contribution in [3.8, 4) is 22.4 Å². The SMILES string of the molecule is CC1(C)c2ccccc2-c2cc3c4ccccc4c4cc(-c5ccc6ccc7cccnc7c6n5)ccc4c3cc21.Cc1ccc2c(c1)c1ccccc1c1cc3c(cc21)C(C)(C)C1=C3C=C[C+]=C1.OB(O)c1ccc2ccc3cccnc3c2n1. The molecule has 2 N–H and O–H groups in total. The van der Waals surface area contributed by atoms with Crippen LogP contribution in [-0.4, -0.2) is 37.1 Å². The van der Waals surface area contributed by atoms with E-state index in [0.29, 0.717) is 5.52 Å². The molecule has 11 aromatic carbocycles. The molecule has 406 valence electrons. The van der Waals surface area contributed by atoms with Gasteiger partial charge < -0.3 is 10.0 Å². The molecule has 15 aromatic rings. The Kier molecular flexibility index (Phi) is 11.6. The molecule has 0 aliphatic heterocycles. The minimum absolute atomic E-state index is 0.000712. The highest BCUT2D eigenvalue weighted by atomic mass is 16.4. The second kappa shape index (κ2) is 19.4. The lowest BCUT2D eigenvalue weighted by atomic mass is 9.79. The molecule has 0 spiro atoms. The van der Waals surface area contributed by atoms with Crippen LogP contribution in [0.25, 0.3) is 136 Å².